The van der Waals surface area contributed by atoms with Gasteiger partial charge in [-0.3, -0.25) is 14.9 Å². The van der Waals surface area contributed by atoms with E-state index in [-0.39, 0.29) is 17.0 Å². The van der Waals surface area contributed by atoms with E-state index in [4.69, 9.17) is 0 Å². The van der Waals surface area contributed by atoms with Gasteiger partial charge in [0.1, 0.15) is 11.0 Å². The Kier molecular flexibility index (Phi) is 4.90. The van der Waals surface area contributed by atoms with E-state index >= 15 is 0 Å². The maximum absolute atomic E-state index is 12.6. The minimum absolute atomic E-state index is 0.0233. The topological polar surface area (TPSA) is 94.3 Å². The van der Waals surface area contributed by atoms with Crippen molar-refractivity contribution in [2.45, 2.75) is 23.5 Å². The molecule has 0 aliphatic heterocycles. The number of nitro groups is 1. The number of benzene rings is 2. The molecule has 1 atom stereocenters. The van der Waals surface area contributed by atoms with E-state index in [2.05, 4.69) is 0 Å². The van der Waals surface area contributed by atoms with Crippen molar-refractivity contribution in [1.29, 1.82) is 0 Å². The first-order valence-corrected chi connectivity index (χ1v) is 8.39. The SMILES string of the molecule is CC(=O)C(Cc1ccc([N+](=O)[O-])cc1)S(=O)(=O)c1ccccc1. The Bertz CT molecular complexity index is 813. The fraction of sp³-hybridized carbons (Fsp3) is 0.188. The fourth-order valence-corrected chi connectivity index (χ4v) is 3.93. The molecule has 6 nitrogen and oxygen atoms in total. The van der Waals surface area contributed by atoms with Crippen LogP contribution >= 0.6 is 0 Å². The zero-order chi connectivity index (χ0) is 17.0. The van der Waals surface area contributed by atoms with Crippen LogP contribution in [0.4, 0.5) is 5.69 Å². The Labute approximate surface area is 133 Å². The highest BCUT2D eigenvalue weighted by Crippen LogP contribution is 2.21. The van der Waals surface area contributed by atoms with Gasteiger partial charge in [0.15, 0.2) is 9.84 Å². The Morgan fingerprint density at radius 2 is 1.65 bits per heavy atom. The van der Waals surface area contributed by atoms with Gasteiger partial charge in [-0.15, -0.1) is 0 Å². The van der Waals surface area contributed by atoms with Gasteiger partial charge in [0.25, 0.3) is 5.69 Å². The lowest BCUT2D eigenvalue weighted by atomic mass is 10.1. The van der Waals surface area contributed by atoms with Gasteiger partial charge in [0, 0.05) is 12.1 Å². The molecule has 23 heavy (non-hydrogen) atoms. The highest BCUT2D eigenvalue weighted by Gasteiger charge is 2.31. The van der Waals surface area contributed by atoms with Crippen LogP contribution in [-0.4, -0.2) is 24.4 Å². The summed E-state index contributed by atoms with van der Waals surface area (Å²) in [6.45, 7) is 1.23. The van der Waals surface area contributed by atoms with Gasteiger partial charge in [0.2, 0.25) is 0 Å². The van der Waals surface area contributed by atoms with Gasteiger partial charge in [-0.25, -0.2) is 8.42 Å². The molecule has 7 heteroatoms. The third-order valence-electron chi connectivity index (χ3n) is 3.47. The third-order valence-corrected chi connectivity index (χ3v) is 5.64. The molecule has 0 amide bonds. The van der Waals surface area contributed by atoms with E-state index in [1.54, 1.807) is 18.2 Å². The molecular formula is C16H15NO5S. The van der Waals surface area contributed by atoms with Crippen molar-refractivity contribution >= 4 is 21.3 Å². The van der Waals surface area contributed by atoms with Crippen molar-refractivity contribution < 1.29 is 18.1 Å². The molecule has 0 aliphatic carbocycles. The summed E-state index contributed by atoms with van der Waals surface area (Å²) in [6.07, 6.45) is -0.0233. The van der Waals surface area contributed by atoms with E-state index < -0.39 is 25.8 Å². The van der Waals surface area contributed by atoms with E-state index in [0.29, 0.717) is 5.56 Å². The first-order chi connectivity index (χ1) is 10.8. The Morgan fingerprint density at radius 3 is 2.13 bits per heavy atom. The molecule has 0 spiro atoms. The minimum atomic E-state index is -3.81. The average Bonchev–Trinajstić information content (AvgIpc) is 2.53. The van der Waals surface area contributed by atoms with Crippen molar-refractivity contribution in [1.82, 2.24) is 0 Å². The molecular weight excluding hydrogens is 318 g/mol. The van der Waals surface area contributed by atoms with E-state index in [0.717, 1.165) is 0 Å². The van der Waals surface area contributed by atoms with Crippen molar-refractivity contribution in [2.24, 2.45) is 0 Å². The second-order valence-electron chi connectivity index (χ2n) is 5.09. The molecule has 0 aliphatic rings. The summed E-state index contributed by atoms with van der Waals surface area (Å²) in [5, 5.41) is 9.43. The smallest absolute Gasteiger partial charge is 0.269 e. The maximum atomic E-state index is 12.6. The van der Waals surface area contributed by atoms with Crippen LogP contribution in [0.3, 0.4) is 0 Å². The number of nitrogens with zero attached hydrogens (tertiary/aromatic N) is 1. The zero-order valence-electron chi connectivity index (χ0n) is 12.4. The Hall–Kier alpha value is -2.54. The molecule has 0 bridgehead atoms. The van der Waals surface area contributed by atoms with Crippen LogP contribution in [0.1, 0.15) is 12.5 Å². The van der Waals surface area contributed by atoms with Gasteiger partial charge in [-0.1, -0.05) is 30.3 Å². The van der Waals surface area contributed by atoms with E-state index in [1.807, 2.05) is 0 Å². The number of non-ortho nitro benzene ring substituents is 1. The number of hydrogen-bond donors (Lipinski definition) is 0. The quantitative estimate of drug-likeness (QED) is 0.598. The number of rotatable bonds is 6. The van der Waals surface area contributed by atoms with Crippen LogP contribution in [0.25, 0.3) is 0 Å². The van der Waals surface area contributed by atoms with Crippen molar-refractivity contribution in [3.05, 3.63) is 70.3 Å². The second-order valence-corrected chi connectivity index (χ2v) is 7.22. The molecule has 0 saturated carbocycles. The van der Waals surface area contributed by atoms with Gasteiger partial charge < -0.3 is 0 Å². The highest BCUT2D eigenvalue weighted by molar-refractivity contribution is 7.92. The number of sulfone groups is 1. The molecule has 2 aromatic rings. The number of ketones is 1. The summed E-state index contributed by atoms with van der Waals surface area (Å²) in [5.41, 5.74) is 0.467. The Balaban J connectivity index is 2.33. The summed E-state index contributed by atoms with van der Waals surface area (Å²) < 4.78 is 25.2. The van der Waals surface area contributed by atoms with Gasteiger partial charge in [0.05, 0.1) is 9.82 Å². The van der Waals surface area contributed by atoms with Crippen LogP contribution in [0.15, 0.2) is 59.5 Å². The normalized spacial score (nSPS) is 12.6. The molecule has 2 rings (SSSR count). The average molecular weight is 333 g/mol. The van der Waals surface area contributed by atoms with Crippen LogP contribution in [0.5, 0.6) is 0 Å². The molecule has 2 aromatic carbocycles. The lowest BCUT2D eigenvalue weighted by Gasteiger charge is -2.15. The number of nitro benzene ring substituents is 1. The summed E-state index contributed by atoms with van der Waals surface area (Å²) in [4.78, 5) is 22.0. The maximum Gasteiger partial charge on any atom is 0.269 e. The van der Waals surface area contributed by atoms with Crippen LogP contribution in [0.2, 0.25) is 0 Å². The summed E-state index contributed by atoms with van der Waals surface area (Å²) in [5.74, 6) is -0.466. The molecule has 120 valence electrons. The second kappa shape index (κ2) is 6.70. The van der Waals surface area contributed by atoms with Gasteiger partial charge >= 0.3 is 0 Å². The molecule has 0 heterocycles. The van der Waals surface area contributed by atoms with Crippen molar-refractivity contribution in [3.8, 4) is 0 Å². The molecule has 0 radical (unpaired) electrons. The van der Waals surface area contributed by atoms with Gasteiger partial charge in [-0.2, -0.15) is 0 Å². The third kappa shape index (κ3) is 3.81. The lowest BCUT2D eigenvalue weighted by molar-refractivity contribution is -0.384. The van der Waals surface area contributed by atoms with Crippen LogP contribution in [-0.2, 0) is 21.1 Å². The minimum Gasteiger partial charge on any atom is -0.299 e. The first kappa shape index (κ1) is 16.8. The first-order valence-electron chi connectivity index (χ1n) is 6.85. The predicted octanol–water partition coefficient (Wildman–Crippen LogP) is 2.57. The van der Waals surface area contributed by atoms with Gasteiger partial charge in [-0.05, 0) is 31.0 Å². The number of carbonyl (C=O) groups is 1. The monoisotopic (exact) mass is 333 g/mol. The summed E-state index contributed by atoms with van der Waals surface area (Å²) in [7, 11) is -3.81. The number of hydrogen-bond acceptors (Lipinski definition) is 5. The van der Waals surface area contributed by atoms with E-state index in [1.165, 1.54) is 43.3 Å². The molecule has 1 unspecified atom stereocenters. The van der Waals surface area contributed by atoms with Crippen molar-refractivity contribution in [3.63, 3.8) is 0 Å². The zero-order valence-corrected chi connectivity index (χ0v) is 13.2. The largest absolute Gasteiger partial charge is 0.299 e. The Morgan fingerprint density at radius 1 is 1.09 bits per heavy atom. The molecule has 0 saturated heterocycles. The molecule has 0 fully saturated rings. The fourth-order valence-electron chi connectivity index (χ4n) is 2.21. The van der Waals surface area contributed by atoms with Crippen LogP contribution in [0, 0.1) is 10.1 Å². The lowest BCUT2D eigenvalue weighted by Crippen LogP contribution is -2.31. The standard InChI is InChI=1S/C16H15NO5S/c1-12(18)16(23(21,22)15-5-3-2-4-6-15)11-13-7-9-14(10-8-13)17(19)20/h2-10,16H,11H2,1H3. The summed E-state index contributed by atoms with van der Waals surface area (Å²) in [6, 6.07) is 13.3. The molecule has 0 N–H and O–H groups in total. The van der Waals surface area contributed by atoms with E-state index in [9.17, 15) is 23.3 Å². The number of carbonyl (C=O) groups excluding carboxylic acids is 1. The molecule has 0 aromatic heterocycles. The predicted molar refractivity (Wildman–Crippen MR) is 84.9 cm³/mol. The van der Waals surface area contributed by atoms with Crippen molar-refractivity contribution in [2.75, 3.05) is 0 Å². The highest BCUT2D eigenvalue weighted by atomic mass is 32.2. The number of Topliss-reactive ketones (excluding diaryl/α,β-unsaturated/α-hetero) is 1. The summed E-state index contributed by atoms with van der Waals surface area (Å²) >= 11 is 0. The van der Waals surface area contributed by atoms with Crippen LogP contribution < -0.4 is 0 Å².